The quantitative estimate of drug-likeness (QED) is 0.532. The van der Waals surface area contributed by atoms with E-state index in [1.54, 1.807) is 0 Å². The Hall–Kier alpha value is -2.98. The highest BCUT2D eigenvalue weighted by Gasteiger charge is 2.18. The van der Waals surface area contributed by atoms with E-state index in [4.69, 9.17) is 16.9 Å². The molecule has 0 aliphatic rings. The second kappa shape index (κ2) is 5.98. The van der Waals surface area contributed by atoms with Crippen molar-refractivity contribution in [3.8, 4) is 6.07 Å². The van der Waals surface area contributed by atoms with E-state index in [1.165, 1.54) is 30.3 Å². The van der Waals surface area contributed by atoms with E-state index in [9.17, 15) is 14.9 Å². The molecule has 0 unspecified atom stereocenters. The first-order valence-electron chi connectivity index (χ1n) is 5.63. The van der Waals surface area contributed by atoms with Gasteiger partial charge in [-0.05, 0) is 30.3 Å². The van der Waals surface area contributed by atoms with Gasteiger partial charge >= 0.3 is 5.69 Å². The average Bonchev–Trinajstić information content (AvgIpc) is 2.47. The van der Waals surface area contributed by atoms with Crippen LogP contribution in [0.15, 0.2) is 36.4 Å². The Morgan fingerprint density at radius 3 is 2.52 bits per heavy atom. The smallest absolute Gasteiger partial charge is 0.301 e. The van der Waals surface area contributed by atoms with Gasteiger partial charge in [0.1, 0.15) is 5.15 Å². The van der Waals surface area contributed by atoms with Crippen molar-refractivity contribution >= 4 is 29.0 Å². The average molecular weight is 303 g/mol. The normalized spacial score (nSPS) is 9.71. The van der Waals surface area contributed by atoms with Crippen molar-refractivity contribution in [2.45, 2.75) is 0 Å². The van der Waals surface area contributed by atoms with E-state index in [1.807, 2.05) is 6.07 Å². The number of benzene rings is 1. The molecular weight excluding hydrogens is 296 g/mol. The van der Waals surface area contributed by atoms with Crippen LogP contribution in [0.1, 0.15) is 15.9 Å². The standard InChI is InChI=1S/C13H7ClN4O3/c14-11-6-5-10(18(20)21)12(16-11)17-13(19)9-3-1-8(7-15)2-4-9/h1-6H,(H,16,17,19). The zero-order valence-corrected chi connectivity index (χ0v) is 11.2. The van der Waals surface area contributed by atoms with Gasteiger partial charge in [-0.1, -0.05) is 11.6 Å². The molecule has 1 aromatic carbocycles. The topological polar surface area (TPSA) is 109 Å². The summed E-state index contributed by atoms with van der Waals surface area (Å²) in [7, 11) is 0. The minimum atomic E-state index is -0.669. The Morgan fingerprint density at radius 1 is 1.29 bits per heavy atom. The monoisotopic (exact) mass is 302 g/mol. The highest BCUT2D eigenvalue weighted by atomic mass is 35.5. The molecule has 104 valence electrons. The molecule has 0 atom stereocenters. The Bertz CT molecular complexity index is 753. The van der Waals surface area contributed by atoms with Crippen LogP contribution < -0.4 is 5.32 Å². The molecule has 0 bridgehead atoms. The lowest BCUT2D eigenvalue weighted by molar-refractivity contribution is -0.384. The lowest BCUT2D eigenvalue weighted by Crippen LogP contribution is -2.14. The maximum Gasteiger partial charge on any atom is 0.311 e. The van der Waals surface area contributed by atoms with Gasteiger partial charge in [-0.3, -0.25) is 14.9 Å². The fourth-order valence-electron chi connectivity index (χ4n) is 1.54. The number of carbonyl (C=O) groups is 1. The van der Waals surface area contributed by atoms with Crippen molar-refractivity contribution in [2.24, 2.45) is 0 Å². The largest absolute Gasteiger partial charge is 0.311 e. The number of nitro groups is 1. The summed E-state index contributed by atoms with van der Waals surface area (Å²) in [6, 6.07) is 10.1. The van der Waals surface area contributed by atoms with Gasteiger partial charge in [0.05, 0.1) is 16.6 Å². The van der Waals surface area contributed by atoms with Crippen LogP contribution in [0.3, 0.4) is 0 Å². The minimum Gasteiger partial charge on any atom is -0.301 e. The van der Waals surface area contributed by atoms with Crippen LogP contribution in [0, 0.1) is 21.4 Å². The molecule has 0 saturated heterocycles. The number of pyridine rings is 1. The van der Waals surface area contributed by atoms with Crippen LogP contribution in [-0.2, 0) is 0 Å². The van der Waals surface area contributed by atoms with Crippen molar-refractivity contribution in [2.75, 3.05) is 5.32 Å². The Kier molecular flexibility index (Phi) is 4.11. The SMILES string of the molecule is N#Cc1ccc(C(=O)Nc2nc(Cl)ccc2[N+](=O)[O-])cc1. The van der Waals surface area contributed by atoms with Crippen LogP contribution in [0.5, 0.6) is 0 Å². The van der Waals surface area contributed by atoms with Gasteiger partial charge in [0.25, 0.3) is 5.91 Å². The zero-order chi connectivity index (χ0) is 15.4. The molecule has 2 rings (SSSR count). The Balaban J connectivity index is 2.28. The number of hydrogen-bond acceptors (Lipinski definition) is 5. The maximum absolute atomic E-state index is 12.0. The number of amides is 1. The number of nitrogens with one attached hydrogen (secondary N) is 1. The summed E-state index contributed by atoms with van der Waals surface area (Å²) in [6.45, 7) is 0. The molecule has 1 amide bonds. The molecule has 8 heteroatoms. The number of rotatable bonds is 3. The number of nitriles is 1. The summed E-state index contributed by atoms with van der Waals surface area (Å²) >= 11 is 5.67. The van der Waals surface area contributed by atoms with E-state index in [0.717, 1.165) is 6.07 Å². The van der Waals surface area contributed by atoms with E-state index in [0.29, 0.717) is 5.56 Å². The lowest BCUT2D eigenvalue weighted by Gasteiger charge is -2.05. The van der Waals surface area contributed by atoms with Crippen molar-refractivity contribution in [1.29, 1.82) is 5.26 Å². The molecular formula is C13H7ClN4O3. The van der Waals surface area contributed by atoms with Gasteiger partial charge in [-0.2, -0.15) is 5.26 Å². The van der Waals surface area contributed by atoms with Crippen molar-refractivity contribution < 1.29 is 9.72 Å². The van der Waals surface area contributed by atoms with Crippen LogP contribution >= 0.6 is 11.6 Å². The van der Waals surface area contributed by atoms with Crippen LogP contribution in [0.2, 0.25) is 5.15 Å². The summed E-state index contributed by atoms with van der Waals surface area (Å²) in [5.41, 5.74) is 0.282. The lowest BCUT2D eigenvalue weighted by atomic mass is 10.1. The van der Waals surface area contributed by atoms with Gasteiger partial charge in [-0.15, -0.1) is 0 Å². The summed E-state index contributed by atoms with van der Waals surface area (Å²) in [4.78, 5) is 25.9. The van der Waals surface area contributed by atoms with Gasteiger partial charge in [0.2, 0.25) is 5.82 Å². The van der Waals surface area contributed by atoms with E-state index in [-0.39, 0.29) is 22.2 Å². The third kappa shape index (κ3) is 3.32. The highest BCUT2D eigenvalue weighted by molar-refractivity contribution is 6.29. The fourth-order valence-corrected chi connectivity index (χ4v) is 1.69. The molecule has 1 N–H and O–H groups in total. The second-order valence-corrected chi connectivity index (χ2v) is 4.29. The van der Waals surface area contributed by atoms with Gasteiger partial charge in [-0.25, -0.2) is 4.98 Å². The van der Waals surface area contributed by atoms with Crippen LogP contribution in [0.25, 0.3) is 0 Å². The molecule has 0 fully saturated rings. The molecule has 0 aliphatic heterocycles. The summed E-state index contributed by atoms with van der Waals surface area (Å²) in [6.07, 6.45) is 0. The number of halogens is 1. The number of hydrogen-bond donors (Lipinski definition) is 1. The Morgan fingerprint density at radius 2 is 1.95 bits per heavy atom. The van der Waals surface area contributed by atoms with Gasteiger partial charge in [0, 0.05) is 11.6 Å². The predicted molar refractivity (Wildman–Crippen MR) is 75.0 cm³/mol. The van der Waals surface area contributed by atoms with Crippen molar-refractivity contribution in [3.05, 3.63) is 62.8 Å². The van der Waals surface area contributed by atoms with Crippen LogP contribution in [-0.4, -0.2) is 15.8 Å². The molecule has 0 radical (unpaired) electrons. The molecule has 21 heavy (non-hydrogen) atoms. The Labute approximate surface area is 123 Å². The molecule has 1 aromatic heterocycles. The first kappa shape index (κ1) is 14.4. The summed E-state index contributed by atoms with van der Waals surface area (Å²) < 4.78 is 0. The minimum absolute atomic E-state index is 0.0238. The number of nitrogens with zero attached hydrogens (tertiary/aromatic N) is 3. The van der Waals surface area contributed by atoms with Crippen molar-refractivity contribution in [3.63, 3.8) is 0 Å². The summed E-state index contributed by atoms with van der Waals surface area (Å²) in [5.74, 6) is -0.820. The van der Waals surface area contributed by atoms with Gasteiger partial charge in [0.15, 0.2) is 0 Å². The molecule has 7 nitrogen and oxygen atoms in total. The number of anilines is 1. The molecule has 0 spiro atoms. The first-order chi connectivity index (χ1) is 10.0. The third-order valence-corrected chi connectivity index (χ3v) is 2.76. The zero-order valence-electron chi connectivity index (χ0n) is 10.4. The molecule has 1 heterocycles. The maximum atomic E-state index is 12.0. The van der Waals surface area contributed by atoms with E-state index < -0.39 is 10.8 Å². The molecule has 0 saturated carbocycles. The molecule has 0 aliphatic carbocycles. The third-order valence-electron chi connectivity index (χ3n) is 2.54. The number of carbonyl (C=O) groups excluding carboxylic acids is 1. The van der Waals surface area contributed by atoms with E-state index in [2.05, 4.69) is 10.3 Å². The van der Waals surface area contributed by atoms with E-state index >= 15 is 0 Å². The first-order valence-corrected chi connectivity index (χ1v) is 6.01. The van der Waals surface area contributed by atoms with Crippen LogP contribution in [0.4, 0.5) is 11.5 Å². The van der Waals surface area contributed by atoms with Crippen molar-refractivity contribution in [1.82, 2.24) is 4.98 Å². The predicted octanol–water partition coefficient (Wildman–Crippen LogP) is 2.77. The molecule has 2 aromatic rings. The number of aromatic nitrogens is 1. The fraction of sp³-hybridized carbons (Fsp3) is 0. The second-order valence-electron chi connectivity index (χ2n) is 3.90. The highest BCUT2D eigenvalue weighted by Crippen LogP contribution is 2.24. The summed E-state index contributed by atoms with van der Waals surface area (Å²) in [5, 5.41) is 21.9. The van der Waals surface area contributed by atoms with Gasteiger partial charge < -0.3 is 5.32 Å².